The molecular weight excluding hydrogens is 406 g/mol. The standard InChI is InChI=1S/C20H26ClN7O2/c1-11-7-14-10-20(9-11,18-24-12(2)27-30-18)28(14)19(29)25-13-3-4-16(21)15(8-13)17-22-5-6-23-26-17/h5-6,11,13-16H,3-4,7-10H2,1-2H3,(H,25,29). The van der Waals surface area contributed by atoms with Crippen LogP contribution in [0.2, 0.25) is 0 Å². The van der Waals surface area contributed by atoms with E-state index in [0.717, 1.165) is 32.1 Å². The van der Waals surface area contributed by atoms with Gasteiger partial charge in [-0.25, -0.2) is 9.78 Å². The highest BCUT2D eigenvalue weighted by Gasteiger charge is 2.62. The molecule has 5 rings (SSSR count). The van der Waals surface area contributed by atoms with Crippen LogP contribution in [0.15, 0.2) is 16.9 Å². The molecule has 3 heterocycles. The van der Waals surface area contributed by atoms with E-state index < -0.39 is 5.54 Å². The van der Waals surface area contributed by atoms with Gasteiger partial charge in [-0.15, -0.1) is 16.7 Å². The number of fused-ring (bicyclic) bond motifs is 2. The molecule has 2 amide bonds. The molecule has 0 radical (unpaired) electrons. The van der Waals surface area contributed by atoms with Gasteiger partial charge in [-0.05, 0) is 44.9 Å². The molecule has 30 heavy (non-hydrogen) atoms. The van der Waals surface area contributed by atoms with Gasteiger partial charge in [0.1, 0.15) is 5.54 Å². The number of alkyl halides is 1. The molecule has 0 aromatic carbocycles. The van der Waals surface area contributed by atoms with Crippen molar-refractivity contribution >= 4 is 17.6 Å². The summed E-state index contributed by atoms with van der Waals surface area (Å²) < 4.78 is 5.53. The van der Waals surface area contributed by atoms with Gasteiger partial charge >= 0.3 is 6.03 Å². The van der Waals surface area contributed by atoms with E-state index in [9.17, 15) is 4.79 Å². The molecule has 2 aromatic heterocycles. The van der Waals surface area contributed by atoms with Crippen LogP contribution in [0.5, 0.6) is 0 Å². The number of urea groups is 1. The number of amides is 2. The molecule has 2 bridgehead atoms. The average Bonchev–Trinajstić information content (AvgIpc) is 3.16. The number of rotatable bonds is 3. The Bertz CT molecular complexity index is 925. The second kappa shape index (κ2) is 7.44. The highest BCUT2D eigenvalue weighted by atomic mass is 35.5. The number of nitrogens with one attached hydrogen (secondary N) is 1. The molecular formula is C20H26ClN7O2. The van der Waals surface area contributed by atoms with Gasteiger partial charge in [-0.1, -0.05) is 12.1 Å². The molecule has 10 heteroatoms. The zero-order valence-corrected chi connectivity index (χ0v) is 17.9. The summed E-state index contributed by atoms with van der Waals surface area (Å²) in [5.41, 5.74) is -0.483. The van der Waals surface area contributed by atoms with E-state index in [4.69, 9.17) is 16.1 Å². The highest BCUT2D eigenvalue weighted by Crippen LogP contribution is 2.55. The van der Waals surface area contributed by atoms with Gasteiger partial charge in [0.25, 0.3) is 5.89 Å². The normalized spacial score (nSPS) is 35.6. The molecule has 1 saturated heterocycles. The second-order valence-electron chi connectivity index (χ2n) is 9.03. The number of carbonyl (C=O) groups excluding carboxylic acids is 1. The monoisotopic (exact) mass is 431 g/mol. The van der Waals surface area contributed by atoms with E-state index in [1.807, 2.05) is 11.8 Å². The predicted octanol–water partition coefficient (Wildman–Crippen LogP) is 2.92. The van der Waals surface area contributed by atoms with Crippen LogP contribution in [0.1, 0.15) is 68.9 Å². The van der Waals surface area contributed by atoms with Crippen molar-refractivity contribution in [2.24, 2.45) is 5.92 Å². The van der Waals surface area contributed by atoms with Gasteiger partial charge in [-0.3, -0.25) is 0 Å². The van der Waals surface area contributed by atoms with Crippen LogP contribution in [0.25, 0.3) is 0 Å². The molecule has 1 N–H and O–H groups in total. The maximum Gasteiger partial charge on any atom is 0.318 e. The van der Waals surface area contributed by atoms with E-state index in [1.165, 1.54) is 0 Å². The first kappa shape index (κ1) is 19.7. The third kappa shape index (κ3) is 3.23. The molecule has 6 unspecified atom stereocenters. The Morgan fingerprint density at radius 2 is 2.17 bits per heavy atom. The van der Waals surface area contributed by atoms with Crippen molar-refractivity contribution in [3.05, 3.63) is 29.9 Å². The zero-order chi connectivity index (χ0) is 20.9. The average molecular weight is 432 g/mol. The lowest BCUT2D eigenvalue weighted by Gasteiger charge is -2.61. The highest BCUT2D eigenvalue weighted by molar-refractivity contribution is 6.21. The first-order valence-electron chi connectivity index (χ1n) is 10.6. The number of hydrogen-bond donors (Lipinski definition) is 1. The number of piperidine rings is 1. The topological polar surface area (TPSA) is 110 Å². The summed E-state index contributed by atoms with van der Waals surface area (Å²) in [4.78, 5) is 24.1. The Labute approximate surface area is 180 Å². The van der Waals surface area contributed by atoms with Crippen LogP contribution in [-0.2, 0) is 5.54 Å². The fourth-order valence-electron chi connectivity index (χ4n) is 5.64. The molecule has 2 aromatic rings. The summed E-state index contributed by atoms with van der Waals surface area (Å²) in [5, 5.41) is 15.2. The third-order valence-corrected chi connectivity index (χ3v) is 7.35. The van der Waals surface area contributed by atoms with E-state index in [-0.39, 0.29) is 29.4 Å². The van der Waals surface area contributed by atoms with Gasteiger partial charge in [0, 0.05) is 36.0 Å². The number of hydrogen-bond acceptors (Lipinski definition) is 7. The first-order valence-corrected chi connectivity index (χ1v) is 11.1. The largest absolute Gasteiger partial charge is 0.337 e. The fraction of sp³-hybridized carbons (Fsp3) is 0.700. The molecule has 9 nitrogen and oxygen atoms in total. The van der Waals surface area contributed by atoms with Gasteiger partial charge in [0.05, 0.1) is 6.20 Å². The lowest BCUT2D eigenvalue weighted by molar-refractivity contribution is -0.115. The maximum atomic E-state index is 13.4. The maximum absolute atomic E-state index is 13.4. The third-order valence-electron chi connectivity index (χ3n) is 6.83. The zero-order valence-electron chi connectivity index (χ0n) is 17.2. The lowest BCUT2D eigenvalue weighted by Crippen LogP contribution is -2.71. The minimum atomic E-state index is -0.483. The van der Waals surface area contributed by atoms with Crippen molar-refractivity contribution < 1.29 is 9.32 Å². The van der Waals surface area contributed by atoms with Crippen molar-refractivity contribution in [2.45, 2.75) is 81.3 Å². The van der Waals surface area contributed by atoms with Crippen LogP contribution in [-0.4, -0.2) is 53.7 Å². The van der Waals surface area contributed by atoms with Crippen LogP contribution in [0.3, 0.4) is 0 Å². The first-order chi connectivity index (χ1) is 14.5. The Hall–Kier alpha value is -2.29. The van der Waals surface area contributed by atoms with Crippen LogP contribution < -0.4 is 5.32 Å². The van der Waals surface area contributed by atoms with Gasteiger partial charge in [0.15, 0.2) is 11.6 Å². The number of likely N-dealkylation sites (tertiary alicyclic amines) is 1. The molecule has 1 aliphatic heterocycles. The summed E-state index contributed by atoms with van der Waals surface area (Å²) >= 11 is 6.56. The fourth-order valence-corrected chi connectivity index (χ4v) is 5.98. The molecule has 3 fully saturated rings. The van der Waals surface area contributed by atoms with E-state index in [2.05, 4.69) is 37.6 Å². The quantitative estimate of drug-likeness (QED) is 0.744. The van der Waals surface area contributed by atoms with Gasteiger partial charge < -0.3 is 14.7 Å². The Morgan fingerprint density at radius 3 is 2.90 bits per heavy atom. The Morgan fingerprint density at radius 1 is 1.30 bits per heavy atom. The minimum Gasteiger partial charge on any atom is -0.337 e. The lowest BCUT2D eigenvalue weighted by atomic mass is 9.64. The number of aryl methyl sites for hydroxylation is 1. The Balaban J connectivity index is 1.32. The van der Waals surface area contributed by atoms with Crippen molar-refractivity contribution in [1.29, 1.82) is 0 Å². The number of halogens is 1. The van der Waals surface area contributed by atoms with Gasteiger partial charge in [-0.2, -0.15) is 10.1 Å². The molecule has 6 atom stereocenters. The summed E-state index contributed by atoms with van der Waals surface area (Å²) in [6.45, 7) is 4.03. The molecule has 3 aliphatic rings. The number of aromatic nitrogens is 5. The molecule has 0 spiro atoms. The predicted molar refractivity (Wildman–Crippen MR) is 108 cm³/mol. The SMILES string of the molecule is Cc1noc(C23CC(C)CC(C2)N3C(=O)NC2CCC(Cl)C(c3nccnn3)C2)n1. The van der Waals surface area contributed by atoms with Crippen LogP contribution in [0.4, 0.5) is 4.79 Å². The van der Waals surface area contributed by atoms with Crippen LogP contribution >= 0.6 is 11.6 Å². The van der Waals surface area contributed by atoms with Crippen molar-refractivity contribution in [2.75, 3.05) is 0 Å². The summed E-state index contributed by atoms with van der Waals surface area (Å²) in [6, 6.07) is 0.169. The molecule has 2 saturated carbocycles. The van der Waals surface area contributed by atoms with Crippen molar-refractivity contribution in [3.8, 4) is 0 Å². The van der Waals surface area contributed by atoms with E-state index in [0.29, 0.717) is 29.9 Å². The summed E-state index contributed by atoms with van der Waals surface area (Å²) in [7, 11) is 0. The van der Waals surface area contributed by atoms with Crippen molar-refractivity contribution in [1.82, 2.24) is 35.5 Å². The second-order valence-corrected chi connectivity index (χ2v) is 9.59. The Kier molecular flexibility index (Phi) is 4.88. The van der Waals surface area contributed by atoms with E-state index >= 15 is 0 Å². The van der Waals surface area contributed by atoms with Crippen LogP contribution in [0, 0.1) is 12.8 Å². The minimum absolute atomic E-state index is 0.0153. The van der Waals surface area contributed by atoms with Gasteiger partial charge in [0.2, 0.25) is 0 Å². The van der Waals surface area contributed by atoms with Crippen molar-refractivity contribution in [3.63, 3.8) is 0 Å². The number of nitrogens with zero attached hydrogens (tertiary/aromatic N) is 6. The molecule has 160 valence electrons. The summed E-state index contributed by atoms with van der Waals surface area (Å²) in [5.74, 6) is 2.29. The smallest absolute Gasteiger partial charge is 0.318 e. The summed E-state index contributed by atoms with van der Waals surface area (Å²) in [6.07, 6.45) is 8.24. The molecule has 2 aliphatic carbocycles. The number of carbonyl (C=O) groups is 1. The van der Waals surface area contributed by atoms with E-state index in [1.54, 1.807) is 12.4 Å².